The molecule has 0 spiro atoms. The number of carbonyl (C=O) groups excluding carboxylic acids is 1. The normalized spacial score (nSPS) is 24.2. The van der Waals surface area contributed by atoms with Gasteiger partial charge in [0.2, 0.25) is 5.91 Å². The Kier molecular flexibility index (Phi) is 6.26. The molecule has 0 heterocycles. The van der Waals surface area contributed by atoms with Crippen molar-refractivity contribution in [1.29, 1.82) is 0 Å². The van der Waals surface area contributed by atoms with Crippen LogP contribution in [0.2, 0.25) is 0 Å². The zero-order valence-electron chi connectivity index (χ0n) is 12.1. The van der Waals surface area contributed by atoms with E-state index in [0.29, 0.717) is 5.92 Å². The maximum atomic E-state index is 12.1. The predicted octanol–water partition coefficient (Wildman–Crippen LogP) is 1.08. The fraction of sp³-hybridized carbons (Fsp3) is 0.923. The highest BCUT2D eigenvalue weighted by molar-refractivity contribution is 7.92. The van der Waals surface area contributed by atoms with E-state index in [-0.39, 0.29) is 24.3 Å². The summed E-state index contributed by atoms with van der Waals surface area (Å²) in [6.45, 7) is 2.27. The van der Waals surface area contributed by atoms with Crippen LogP contribution >= 0.6 is 0 Å². The molecule has 0 N–H and O–H groups in total. The largest absolute Gasteiger partial charge is 0.384 e. The Balaban J connectivity index is 2.57. The Hall–Kier alpha value is -0.620. The lowest BCUT2D eigenvalue weighted by Gasteiger charge is -2.36. The van der Waals surface area contributed by atoms with Gasteiger partial charge in [0.15, 0.2) is 9.84 Å². The molecular formula is C13H25NO4S. The molecule has 0 aromatic heterocycles. The van der Waals surface area contributed by atoms with Crippen molar-refractivity contribution in [1.82, 2.24) is 4.90 Å². The molecule has 0 bridgehead atoms. The van der Waals surface area contributed by atoms with Gasteiger partial charge in [0.1, 0.15) is 5.75 Å². The molecule has 0 radical (unpaired) electrons. The molecule has 1 aliphatic carbocycles. The van der Waals surface area contributed by atoms with Gasteiger partial charge in [0, 0.05) is 20.2 Å². The van der Waals surface area contributed by atoms with Crippen LogP contribution in [0.5, 0.6) is 0 Å². The lowest BCUT2D eigenvalue weighted by atomic mass is 9.85. The van der Waals surface area contributed by atoms with Crippen LogP contribution < -0.4 is 0 Å². The zero-order valence-corrected chi connectivity index (χ0v) is 12.9. The number of methoxy groups -OCH3 is 1. The first kappa shape index (κ1) is 16.4. The highest BCUT2D eigenvalue weighted by Crippen LogP contribution is 2.27. The van der Waals surface area contributed by atoms with E-state index in [4.69, 9.17) is 4.74 Å². The molecule has 6 heteroatoms. The molecule has 1 amide bonds. The van der Waals surface area contributed by atoms with Crippen molar-refractivity contribution in [2.45, 2.75) is 38.6 Å². The first-order chi connectivity index (χ1) is 8.87. The smallest absolute Gasteiger partial charge is 0.237 e. The summed E-state index contributed by atoms with van der Waals surface area (Å²) in [5, 5.41) is 0. The van der Waals surface area contributed by atoms with Gasteiger partial charge in [0.25, 0.3) is 0 Å². The van der Waals surface area contributed by atoms with Crippen molar-refractivity contribution in [2.75, 3.05) is 32.3 Å². The molecule has 0 aromatic carbocycles. The third-order valence-electron chi connectivity index (χ3n) is 3.90. The third kappa shape index (κ3) is 5.10. The minimum atomic E-state index is -3.36. The molecule has 0 aliphatic heterocycles. The van der Waals surface area contributed by atoms with Gasteiger partial charge in [-0.05, 0) is 18.8 Å². The van der Waals surface area contributed by atoms with Crippen LogP contribution in [0.4, 0.5) is 0 Å². The Morgan fingerprint density at radius 1 is 1.32 bits per heavy atom. The number of ether oxygens (including phenoxy) is 1. The van der Waals surface area contributed by atoms with E-state index in [0.717, 1.165) is 19.3 Å². The van der Waals surface area contributed by atoms with Crippen molar-refractivity contribution in [3.63, 3.8) is 0 Å². The number of carbonyl (C=O) groups is 1. The van der Waals surface area contributed by atoms with Gasteiger partial charge in [-0.15, -0.1) is 0 Å². The van der Waals surface area contributed by atoms with Crippen molar-refractivity contribution < 1.29 is 17.9 Å². The summed E-state index contributed by atoms with van der Waals surface area (Å²) in [5.41, 5.74) is 0. The summed E-state index contributed by atoms with van der Waals surface area (Å²) in [4.78, 5) is 13.7. The van der Waals surface area contributed by atoms with E-state index in [1.165, 1.54) is 13.5 Å². The summed E-state index contributed by atoms with van der Waals surface area (Å²) in [6, 6.07) is 0.180. The Bertz CT molecular complexity index is 393. The van der Waals surface area contributed by atoms with Gasteiger partial charge in [-0.2, -0.15) is 0 Å². The van der Waals surface area contributed by atoms with E-state index >= 15 is 0 Å². The molecule has 1 rings (SSSR count). The quantitative estimate of drug-likeness (QED) is 0.735. The maximum Gasteiger partial charge on any atom is 0.237 e. The molecule has 19 heavy (non-hydrogen) atoms. The summed E-state index contributed by atoms with van der Waals surface area (Å²) < 4.78 is 28.2. The molecule has 5 nitrogen and oxygen atoms in total. The average molecular weight is 291 g/mol. The monoisotopic (exact) mass is 291 g/mol. The van der Waals surface area contributed by atoms with Crippen molar-refractivity contribution in [3.8, 4) is 0 Å². The molecule has 2 atom stereocenters. The topological polar surface area (TPSA) is 63.7 Å². The Morgan fingerprint density at radius 3 is 2.53 bits per heavy atom. The average Bonchev–Trinajstić information content (AvgIpc) is 2.35. The second-order valence-corrected chi connectivity index (χ2v) is 7.60. The number of hydrogen-bond donors (Lipinski definition) is 0. The Morgan fingerprint density at radius 2 is 1.95 bits per heavy atom. The molecule has 1 saturated carbocycles. The van der Waals surface area contributed by atoms with E-state index in [2.05, 4.69) is 6.92 Å². The summed E-state index contributed by atoms with van der Waals surface area (Å²) >= 11 is 0. The fourth-order valence-corrected chi connectivity index (χ4v) is 3.77. The lowest BCUT2D eigenvalue weighted by molar-refractivity contribution is -0.130. The number of amides is 1. The number of nitrogens with zero attached hydrogens (tertiary/aromatic N) is 1. The van der Waals surface area contributed by atoms with Crippen LogP contribution in [0.25, 0.3) is 0 Å². The number of sulfone groups is 1. The summed E-state index contributed by atoms with van der Waals surface area (Å²) in [7, 11) is -0.186. The molecule has 1 aliphatic rings. The summed E-state index contributed by atoms with van der Waals surface area (Å²) in [5.74, 6) is -0.349. The number of rotatable bonds is 6. The van der Waals surface area contributed by atoms with Crippen LogP contribution in [0.3, 0.4) is 0 Å². The van der Waals surface area contributed by atoms with Gasteiger partial charge in [-0.1, -0.05) is 19.8 Å². The molecule has 0 aromatic rings. The highest BCUT2D eigenvalue weighted by atomic mass is 32.2. The molecule has 1 fully saturated rings. The van der Waals surface area contributed by atoms with E-state index in [1.54, 1.807) is 11.9 Å². The molecule has 0 saturated heterocycles. The summed E-state index contributed by atoms with van der Waals surface area (Å²) in [6.07, 6.45) is 4.40. The maximum absolute atomic E-state index is 12.1. The van der Waals surface area contributed by atoms with Crippen molar-refractivity contribution in [3.05, 3.63) is 0 Å². The number of hydrogen-bond acceptors (Lipinski definition) is 4. The Labute approximate surface area is 116 Å². The van der Waals surface area contributed by atoms with Crippen LogP contribution in [0.15, 0.2) is 0 Å². The highest BCUT2D eigenvalue weighted by Gasteiger charge is 2.29. The van der Waals surface area contributed by atoms with E-state index < -0.39 is 15.6 Å². The standard InChI is InChI=1S/C13H25NO4S/c1-11-6-4-5-7-12(11)14(2)13(15)10-19(16,17)9-8-18-3/h11-12H,4-10H2,1-3H3. The van der Waals surface area contributed by atoms with E-state index in [9.17, 15) is 13.2 Å². The lowest BCUT2D eigenvalue weighted by Crippen LogP contribution is -2.45. The van der Waals surface area contributed by atoms with Gasteiger partial charge < -0.3 is 9.64 Å². The molecule has 2 unspecified atom stereocenters. The second-order valence-electron chi connectivity index (χ2n) is 5.42. The van der Waals surface area contributed by atoms with E-state index in [1.807, 2.05) is 0 Å². The van der Waals surface area contributed by atoms with Gasteiger partial charge in [0.05, 0.1) is 12.4 Å². The molecular weight excluding hydrogens is 266 g/mol. The van der Waals surface area contributed by atoms with Crippen LogP contribution in [0.1, 0.15) is 32.6 Å². The minimum Gasteiger partial charge on any atom is -0.384 e. The SMILES string of the molecule is COCCS(=O)(=O)CC(=O)N(C)C1CCCCC1C. The first-order valence-corrected chi connectivity index (χ1v) is 8.64. The fourth-order valence-electron chi connectivity index (χ4n) is 2.63. The van der Waals surface area contributed by atoms with Gasteiger partial charge >= 0.3 is 0 Å². The second kappa shape index (κ2) is 7.24. The molecule has 112 valence electrons. The van der Waals surface area contributed by atoms with Crippen LogP contribution in [0, 0.1) is 5.92 Å². The van der Waals surface area contributed by atoms with Crippen LogP contribution in [-0.4, -0.2) is 57.5 Å². The first-order valence-electron chi connectivity index (χ1n) is 6.82. The van der Waals surface area contributed by atoms with Crippen LogP contribution in [-0.2, 0) is 19.4 Å². The van der Waals surface area contributed by atoms with Crippen molar-refractivity contribution >= 4 is 15.7 Å². The van der Waals surface area contributed by atoms with Crippen molar-refractivity contribution in [2.24, 2.45) is 5.92 Å². The minimum absolute atomic E-state index is 0.0939. The third-order valence-corrected chi connectivity index (χ3v) is 5.37. The van der Waals surface area contributed by atoms with Gasteiger partial charge in [-0.25, -0.2) is 8.42 Å². The zero-order chi connectivity index (χ0) is 14.5. The van der Waals surface area contributed by atoms with Gasteiger partial charge in [-0.3, -0.25) is 4.79 Å². The predicted molar refractivity (Wildman–Crippen MR) is 74.7 cm³/mol.